The van der Waals surface area contributed by atoms with Crippen LogP contribution in [0.25, 0.3) is 0 Å². The Hall–Kier alpha value is -0.280. The van der Waals surface area contributed by atoms with E-state index in [0.717, 1.165) is 39.0 Å². The molecule has 0 aliphatic carbocycles. The lowest BCUT2D eigenvalue weighted by molar-refractivity contribution is -0.141. The van der Waals surface area contributed by atoms with Crippen LogP contribution in [-0.4, -0.2) is 42.5 Å². The number of carbonyl (C=O) groups excluding carboxylic acids is 1. The minimum atomic E-state index is 0.0906. The molecule has 2 saturated heterocycles. The number of likely N-dealkylation sites (tertiary alicyclic amines) is 1. The van der Waals surface area contributed by atoms with Crippen LogP contribution in [0.15, 0.2) is 0 Å². The van der Waals surface area contributed by atoms with Gasteiger partial charge < -0.3 is 9.64 Å². The second kappa shape index (κ2) is 5.37. The van der Waals surface area contributed by atoms with Gasteiger partial charge in [0.1, 0.15) is 0 Å². The third-order valence-electron chi connectivity index (χ3n) is 3.62. The van der Waals surface area contributed by atoms with E-state index in [9.17, 15) is 4.79 Å². The van der Waals surface area contributed by atoms with E-state index in [1.807, 2.05) is 4.90 Å². The van der Waals surface area contributed by atoms with Crippen molar-refractivity contribution in [3.05, 3.63) is 0 Å². The fourth-order valence-corrected chi connectivity index (χ4v) is 2.69. The Labute approximate surface area is 102 Å². The average Bonchev–Trinajstić information content (AvgIpc) is 2.33. The van der Waals surface area contributed by atoms with Crippen molar-refractivity contribution in [2.24, 2.45) is 11.8 Å². The molecule has 3 unspecified atom stereocenters. The molecule has 2 aliphatic heterocycles. The maximum atomic E-state index is 12.2. The molecule has 4 heteroatoms. The summed E-state index contributed by atoms with van der Waals surface area (Å²) in [4.78, 5) is 14.2. The van der Waals surface area contributed by atoms with Crippen LogP contribution >= 0.6 is 11.6 Å². The van der Waals surface area contributed by atoms with Crippen LogP contribution in [0.3, 0.4) is 0 Å². The lowest BCUT2D eigenvalue weighted by Crippen LogP contribution is -2.47. The maximum absolute atomic E-state index is 12.2. The predicted molar refractivity (Wildman–Crippen MR) is 63.5 cm³/mol. The number of halogens is 1. The molecule has 0 saturated carbocycles. The Kier molecular flexibility index (Phi) is 4.09. The minimum Gasteiger partial charge on any atom is -0.381 e. The zero-order chi connectivity index (χ0) is 11.5. The van der Waals surface area contributed by atoms with Gasteiger partial charge in [0.2, 0.25) is 5.91 Å². The Morgan fingerprint density at radius 2 is 2.25 bits per heavy atom. The molecule has 0 radical (unpaired) electrons. The lowest BCUT2D eigenvalue weighted by atomic mass is 9.95. The first-order chi connectivity index (χ1) is 7.68. The number of piperidine rings is 1. The molecule has 3 nitrogen and oxygen atoms in total. The van der Waals surface area contributed by atoms with Gasteiger partial charge in [-0.25, -0.2) is 0 Å². The molecule has 1 amide bonds. The van der Waals surface area contributed by atoms with E-state index in [0.29, 0.717) is 12.5 Å². The fourth-order valence-electron chi connectivity index (χ4n) is 2.51. The lowest BCUT2D eigenvalue weighted by Gasteiger charge is -2.36. The van der Waals surface area contributed by atoms with E-state index in [2.05, 4.69) is 6.92 Å². The summed E-state index contributed by atoms with van der Waals surface area (Å²) in [6, 6.07) is 0. The summed E-state index contributed by atoms with van der Waals surface area (Å²) in [7, 11) is 0. The van der Waals surface area contributed by atoms with E-state index >= 15 is 0 Å². The molecule has 3 atom stereocenters. The number of ether oxygens (including phenoxy) is 1. The van der Waals surface area contributed by atoms with Gasteiger partial charge in [-0.15, -0.1) is 11.6 Å². The van der Waals surface area contributed by atoms with Crippen LogP contribution in [0, 0.1) is 11.8 Å². The number of alkyl halides is 1. The van der Waals surface area contributed by atoms with E-state index in [4.69, 9.17) is 16.3 Å². The monoisotopic (exact) mass is 245 g/mol. The summed E-state index contributed by atoms with van der Waals surface area (Å²) in [5, 5.41) is 0.228. The summed E-state index contributed by atoms with van der Waals surface area (Å²) in [5.41, 5.74) is 0. The molecular formula is C12H20ClNO2. The predicted octanol–water partition coefficient (Wildman–Crippen LogP) is 1.89. The van der Waals surface area contributed by atoms with Crippen molar-refractivity contribution in [1.29, 1.82) is 0 Å². The van der Waals surface area contributed by atoms with Crippen LogP contribution in [0.1, 0.15) is 26.2 Å². The normalized spacial score (nSPS) is 36.1. The van der Waals surface area contributed by atoms with Gasteiger partial charge in [-0.05, 0) is 25.2 Å². The molecule has 92 valence electrons. The topological polar surface area (TPSA) is 29.5 Å². The molecule has 0 bridgehead atoms. The van der Waals surface area contributed by atoms with Crippen molar-refractivity contribution < 1.29 is 9.53 Å². The van der Waals surface area contributed by atoms with Gasteiger partial charge in [0.15, 0.2) is 0 Å². The van der Waals surface area contributed by atoms with Crippen molar-refractivity contribution in [3.8, 4) is 0 Å². The third kappa shape index (κ3) is 2.69. The molecule has 0 aromatic carbocycles. The number of nitrogens with zero attached hydrogens (tertiary/aromatic N) is 1. The number of hydrogen-bond acceptors (Lipinski definition) is 2. The smallest absolute Gasteiger partial charge is 0.228 e. The number of amides is 1. The Morgan fingerprint density at radius 1 is 1.44 bits per heavy atom. The SMILES string of the molecule is CC1CN(C(=O)C2CCCOC2)CCC1Cl. The van der Waals surface area contributed by atoms with E-state index in [-0.39, 0.29) is 17.2 Å². The number of rotatable bonds is 1. The second-order valence-corrected chi connectivity index (χ2v) is 5.54. The first-order valence-electron chi connectivity index (χ1n) is 6.19. The average molecular weight is 246 g/mol. The van der Waals surface area contributed by atoms with Crippen molar-refractivity contribution in [3.63, 3.8) is 0 Å². The Bertz CT molecular complexity index is 253. The van der Waals surface area contributed by atoms with Crippen LogP contribution in [0.2, 0.25) is 0 Å². The first kappa shape index (κ1) is 12.2. The molecule has 2 heterocycles. The van der Waals surface area contributed by atoms with Gasteiger partial charge in [0, 0.05) is 25.1 Å². The molecular weight excluding hydrogens is 226 g/mol. The third-order valence-corrected chi connectivity index (χ3v) is 4.27. The highest BCUT2D eigenvalue weighted by molar-refractivity contribution is 6.20. The summed E-state index contributed by atoms with van der Waals surface area (Å²) in [6.45, 7) is 5.16. The molecule has 2 aliphatic rings. The van der Waals surface area contributed by atoms with Crippen molar-refractivity contribution in [2.75, 3.05) is 26.3 Å². The molecule has 0 N–H and O–H groups in total. The van der Waals surface area contributed by atoms with Crippen molar-refractivity contribution in [1.82, 2.24) is 4.90 Å². The zero-order valence-corrected chi connectivity index (χ0v) is 10.6. The van der Waals surface area contributed by atoms with Gasteiger partial charge in [0.05, 0.1) is 12.5 Å². The van der Waals surface area contributed by atoms with Gasteiger partial charge in [0.25, 0.3) is 0 Å². The summed E-state index contributed by atoms with van der Waals surface area (Å²) < 4.78 is 5.37. The molecule has 2 fully saturated rings. The van der Waals surface area contributed by atoms with Crippen LogP contribution in [-0.2, 0) is 9.53 Å². The highest BCUT2D eigenvalue weighted by atomic mass is 35.5. The van der Waals surface area contributed by atoms with E-state index in [1.165, 1.54) is 0 Å². The van der Waals surface area contributed by atoms with Gasteiger partial charge in [-0.3, -0.25) is 4.79 Å². The first-order valence-corrected chi connectivity index (χ1v) is 6.62. The quantitative estimate of drug-likeness (QED) is 0.661. The maximum Gasteiger partial charge on any atom is 0.228 e. The summed E-state index contributed by atoms with van der Waals surface area (Å²) in [6.07, 6.45) is 2.91. The van der Waals surface area contributed by atoms with E-state index < -0.39 is 0 Å². The minimum absolute atomic E-state index is 0.0906. The second-order valence-electron chi connectivity index (χ2n) is 4.98. The molecule has 2 rings (SSSR count). The van der Waals surface area contributed by atoms with E-state index in [1.54, 1.807) is 0 Å². The largest absolute Gasteiger partial charge is 0.381 e. The van der Waals surface area contributed by atoms with Gasteiger partial charge in [-0.1, -0.05) is 6.92 Å². The van der Waals surface area contributed by atoms with Crippen molar-refractivity contribution >= 4 is 17.5 Å². The van der Waals surface area contributed by atoms with Gasteiger partial charge >= 0.3 is 0 Å². The van der Waals surface area contributed by atoms with Crippen LogP contribution < -0.4 is 0 Å². The van der Waals surface area contributed by atoms with Crippen molar-refractivity contribution in [2.45, 2.75) is 31.6 Å². The zero-order valence-electron chi connectivity index (χ0n) is 9.82. The highest BCUT2D eigenvalue weighted by Gasteiger charge is 2.31. The summed E-state index contributed by atoms with van der Waals surface area (Å²) >= 11 is 6.16. The molecule has 0 spiro atoms. The van der Waals surface area contributed by atoms with Gasteiger partial charge in [-0.2, -0.15) is 0 Å². The Morgan fingerprint density at radius 3 is 2.88 bits per heavy atom. The molecule has 0 aromatic heterocycles. The number of carbonyl (C=O) groups is 1. The van der Waals surface area contributed by atoms with Crippen LogP contribution in [0.5, 0.6) is 0 Å². The fraction of sp³-hybridized carbons (Fsp3) is 0.917. The Balaban J connectivity index is 1.89. The van der Waals surface area contributed by atoms with Crippen LogP contribution in [0.4, 0.5) is 0 Å². The molecule has 0 aromatic rings. The highest BCUT2D eigenvalue weighted by Crippen LogP contribution is 2.24. The number of hydrogen-bond donors (Lipinski definition) is 0. The molecule has 16 heavy (non-hydrogen) atoms. The standard InChI is InChI=1S/C12H20ClNO2/c1-9-7-14(5-4-11(9)13)12(15)10-3-2-6-16-8-10/h9-11H,2-8H2,1H3. The summed E-state index contributed by atoms with van der Waals surface area (Å²) in [5.74, 6) is 0.770.